The quantitative estimate of drug-likeness (QED) is 0.434. The summed E-state index contributed by atoms with van der Waals surface area (Å²) in [5.41, 5.74) is -1.49. The third-order valence-electron chi connectivity index (χ3n) is 4.71. The maximum absolute atomic E-state index is 13.1. The molecule has 2 unspecified atom stereocenters. The number of halogens is 9. The average Bonchev–Trinajstić information content (AvgIpc) is 3.33. The number of aliphatic imine (C=N–C) groups is 1. The van der Waals surface area contributed by atoms with E-state index in [1.807, 2.05) is 13.8 Å². The van der Waals surface area contributed by atoms with Crippen molar-refractivity contribution < 1.29 is 50.5 Å². The van der Waals surface area contributed by atoms with Crippen LogP contribution in [0.5, 0.6) is 5.75 Å². The predicted octanol–water partition coefficient (Wildman–Crippen LogP) is 5.83. The zero-order chi connectivity index (χ0) is 28.9. The molecule has 1 amide bonds. The molecular weight excluding hydrogens is 537 g/mol. The largest absolute Gasteiger partial charge is 0.483 e. The topological polar surface area (TPSA) is 78.9 Å². The molecule has 2 aromatic rings. The van der Waals surface area contributed by atoms with Crippen molar-refractivity contribution in [2.24, 2.45) is 4.99 Å². The van der Waals surface area contributed by atoms with Crippen LogP contribution < -0.4 is 20.5 Å². The second-order valence-corrected chi connectivity index (χ2v) is 7.50. The molecule has 1 aromatic carbocycles. The highest BCUT2D eigenvalue weighted by Gasteiger charge is 2.38. The standard InChI is InChI=1S/C20H16F9N5O2.C2H6.H2/c1-10(33-17(35)11-4-12(19(24,25)26)6-13(5-11)20(27,28)29)16-31-9-32-34(16)15-3-2-14(7-30-15)36-8-18(21,22)23;1-2;/h2-7,9-10,16H,8H2,1H3,(H,31,32)(H,33,35);1-2H3;1H. The molecule has 0 radical (unpaired) electrons. The molecule has 16 heteroatoms. The Morgan fingerprint density at radius 1 is 1.05 bits per heavy atom. The molecule has 2 N–H and O–H groups in total. The number of hydrogen-bond donors (Lipinski definition) is 2. The Morgan fingerprint density at radius 3 is 2.11 bits per heavy atom. The highest BCUT2D eigenvalue weighted by Crippen LogP contribution is 2.36. The van der Waals surface area contributed by atoms with E-state index in [9.17, 15) is 44.3 Å². The Hall–Kier alpha value is -3.72. The second kappa shape index (κ2) is 11.8. The molecule has 1 aliphatic heterocycles. The highest BCUT2D eigenvalue weighted by molar-refractivity contribution is 5.95. The van der Waals surface area contributed by atoms with E-state index < -0.39 is 59.9 Å². The van der Waals surface area contributed by atoms with Crippen molar-refractivity contribution in [2.75, 3.05) is 11.6 Å². The predicted molar refractivity (Wildman–Crippen MR) is 121 cm³/mol. The van der Waals surface area contributed by atoms with Crippen molar-refractivity contribution in [3.63, 3.8) is 0 Å². The maximum Gasteiger partial charge on any atom is 0.422 e. The Bertz CT molecular complexity index is 1090. The van der Waals surface area contributed by atoms with Crippen LogP contribution in [0.4, 0.5) is 45.3 Å². The van der Waals surface area contributed by atoms with E-state index in [1.54, 1.807) is 0 Å². The van der Waals surface area contributed by atoms with E-state index in [2.05, 4.69) is 25.5 Å². The lowest BCUT2D eigenvalue weighted by atomic mass is 10.0. The van der Waals surface area contributed by atoms with Gasteiger partial charge in [0.15, 0.2) is 12.8 Å². The summed E-state index contributed by atoms with van der Waals surface area (Å²) in [5, 5.41) is 3.57. The molecule has 2 heterocycles. The minimum atomic E-state index is -5.12. The van der Waals surface area contributed by atoms with Crippen molar-refractivity contribution in [1.82, 2.24) is 15.7 Å². The minimum absolute atomic E-state index is 0. The molecule has 0 spiro atoms. The Kier molecular flexibility index (Phi) is 9.45. The van der Waals surface area contributed by atoms with Gasteiger partial charge >= 0.3 is 18.5 Å². The zero-order valence-electron chi connectivity index (χ0n) is 20.0. The van der Waals surface area contributed by atoms with Crippen molar-refractivity contribution in [1.29, 1.82) is 0 Å². The molecule has 3 rings (SSSR count). The van der Waals surface area contributed by atoms with Crippen LogP contribution in [0.2, 0.25) is 0 Å². The van der Waals surface area contributed by atoms with E-state index >= 15 is 0 Å². The lowest BCUT2D eigenvalue weighted by molar-refractivity contribution is -0.153. The number of amides is 1. The van der Waals surface area contributed by atoms with Gasteiger partial charge in [0.05, 0.1) is 23.4 Å². The van der Waals surface area contributed by atoms with Crippen LogP contribution in [0, 0.1) is 0 Å². The van der Waals surface area contributed by atoms with Gasteiger partial charge in [0.1, 0.15) is 17.9 Å². The molecule has 0 bridgehead atoms. The number of hydrogen-bond acceptors (Lipinski definition) is 6. The second-order valence-electron chi connectivity index (χ2n) is 7.50. The molecule has 0 aliphatic carbocycles. The number of rotatable bonds is 6. The van der Waals surface area contributed by atoms with Gasteiger partial charge < -0.3 is 10.1 Å². The Morgan fingerprint density at radius 2 is 1.63 bits per heavy atom. The molecule has 212 valence electrons. The summed E-state index contributed by atoms with van der Waals surface area (Å²) < 4.78 is 120. The number of benzene rings is 1. The lowest BCUT2D eigenvalue weighted by Crippen LogP contribution is -2.51. The zero-order valence-corrected chi connectivity index (χ0v) is 20.0. The van der Waals surface area contributed by atoms with Crippen molar-refractivity contribution in [2.45, 2.75) is 51.5 Å². The monoisotopic (exact) mass is 561 g/mol. The molecule has 0 fully saturated rings. The summed E-state index contributed by atoms with van der Waals surface area (Å²) in [7, 11) is 0. The van der Waals surface area contributed by atoms with Crippen LogP contribution in [-0.2, 0) is 12.4 Å². The fourth-order valence-corrected chi connectivity index (χ4v) is 3.09. The minimum Gasteiger partial charge on any atom is -0.483 e. The number of nitrogens with zero attached hydrogens (tertiary/aromatic N) is 3. The molecule has 7 nitrogen and oxygen atoms in total. The SMILES string of the molecule is CC.CC(NC(=O)c1cc(C(F)(F)F)cc(C(F)(F)F)c1)C1N=CNN1c1ccc(OCC(F)(F)F)cn1.[HH]. The average molecular weight is 561 g/mol. The highest BCUT2D eigenvalue weighted by atomic mass is 19.4. The van der Waals surface area contributed by atoms with E-state index in [0.717, 1.165) is 6.20 Å². The summed E-state index contributed by atoms with van der Waals surface area (Å²) in [5.74, 6) is -1.28. The molecule has 1 aliphatic rings. The van der Waals surface area contributed by atoms with Gasteiger partial charge in [-0.05, 0) is 37.3 Å². The third-order valence-corrected chi connectivity index (χ3v) is 4.71. The van der Waals surface area contributed by atoms with Gasteiger partial charge in [-0.1, -0.05) is 13.8 Å². The number of carbonyl (C=O) groups excluding carboxylic acids is 1. The number of nitrogens with one attached hydrogen (secondary N) is 2. The van der Waals surface area contributed by atoms with Gasteiger partial charge in [0, 0.05) is 6.99 Å². The smallest absolute Gasteiger partial charge is 0.422 e. The lowest BCUT2D eigenvalue weighted by Gasteiger charge is -2.28. The molecule has 1 aromatic heterocycles. The Labute approximate surface area is 212 Å². The van der Waals surface area contributed by atoms with E-state index in [0.29, 0.717) is 12.1 Å². The summed E-state index contributed by atoms with van der Waals surface area (Å²) in [6, 6.07) is 1.99. The fraction of sp³-hybridized carbons (Fsp3) is 0.409. The number of alkyl halides is 9. The van der Waals surface area contributed by atoms with Crippen LogP contribution in [0.3, 0.4) is 0 Å². The summed E-state index contributed by atoms with van der Waals surface area (Å²) in [6.07, 6.45) is -13.6. The molecule has 38 heavy (non-hydrogen) atoms. The van der Waals surface area contributed by atoms with Crippen LogP contribution >= 0.6 is 0 Å². The summed E-state index contributed by atoms with van der Waals surface area (Å²) in [4.78, 5) is 20.5. The van der Waals surface area contributed by atoms with Gasteiger partial charge in [0.2, 0.25) is 0 Å². The van der Waals surface area contributed by atoms with Crippen LogP contribution in [0.1, 0.15) is 43.7 Å². The number of aromatic nitrogens is 1. The molecule has 2 atom stereocenters. The van der Waals surface area contributed by atoms with Crippen molar-refractivity contribution in [3.05, 3.63) is 53.2 Å². The number of anilines is 1. The van der Waals surface area contributed by atoms with Crippen LogP contribution in [0.15, 0.2) is 41.5 Å². The van der Waals surface area contributed by atoms with Crippen LogP contribution in [-0.4, -0.2) is 42.2 Å². The van der Waals surface area contributed by atoms with Crippen molar-refractivity contribution in [3.8, 4) is 5.75 Å². The van der Waals surface area contributed by atoms with Crippen LogP contribution in [0.25, 0.3) is 0 Å². The normalized spacial score (nSPS) is 16.3. The van der Waals surface area contributed by atoms with Gasteiger partial charge in [-0.25, -0.2) is 15.0 Å². The molecular formula is C22H24F9N5O2. The third kappa shape index (κ3) is 8.14. The summed E-state index contributed by atoms with van der Waals surface area (Å²) >= 11 is 0. The number of carbonyl (C=O) groups is 1. The summed E-state index contributed by atoms with van der Waals surface area (Å²) in [6.45, 7) is 3.86. The van der Waals surface area contributed by atoms with Gasteiger partial charge in [0.25, 0.3) is 5.91 Å². The first-order valence-electron chi connectivity index (χ1n) is 10.9. The van der Waals surface area contributed by atoms with E-state index in [1.165, 1.54) is 30.4 Å². The van der Waals surface area contributed by atoms with E-state index in [4.69, 9.17) is 0 Å². The number of ether oxygens (including phenoxy) is 1. The number of hydrazine groups is 1. The first kappa shape index (κ1) is 30.5. The van der Waals surface area contributed by atoms with Gasteiger partial charge in [-0.2, -0.15) is 39.5 Å². The van der Waals surface area contributed by atoms with Crippen molar-refractivity contribution >= 4 is 18.1 Å². The first-order chi connectivity index (χ1) is 17.5. The molecule has 0 saturated carbocycles. The maximum atomic E-state index is 13.1. The number of pyridine rings is 1. The van der Waals surface area contributed by atoms with Gasteiger partial charge in [-0.15, -0.1) is 0 Å². The molecule has 0 saturated heterocycles. The first-order valence-corrected chi connectivity index (χ1v) is 10.9. The van der Waals surface area contributed by atoms with Gasteiger partial charge in [-0.3, -0.25) is 10.2 Å². The van der Waals surface area contributed by atoms with E-state index in [-0.39, 0.29) is 19.1 Å². The Balaban J connectivity index is 0.00000248. The fourth-order valence-electron chi connectivity index (χ4n) is 3.09.